The molecule has 3 heterocycles. The Morgan fingerprint density at radius 1 is 1.30 bits per heavy atom. The van der Waals surface area contributed by atoms with E-state index in [4.69, 9.17) is 17.0 Å². The zero-order chi connectivity index (χ0) is 26.4. The molecule has 0 spiro atoms. The van der Waals surface area contributed by atoms with Gasteiger partial charge in [-0.3, -0.25) is 9.25 Å². The van der Waals surface area contributed by atoms with E-state index in [1.54, 1.807) is 18.5 Å². The van der Waals surface area contributed by atoms with Gasteiger partial charge in [-0.15, -0.1) is 0 Å². The first-order chi connectivity index (χ1) is 18.0. The molecule has 3 aromatic heterocycles. The van der Waals surface area contributed by atoms with Gasteiger partial charge in [0.15, 0.2) is 5.65 Å². The van der Waals surface area contributed by atoms with Gasteiger partial charge in [-0.2, -0.15) is 5.10 Å². The number of aromatic nitrogens is 5. The van der Waals surface area contributed by atoms with Crippen molar-refractivity contribution in [1.29, 1.82) is 0 Å². The maximum Gasteiger partial charge on any atom is 0.328 e. The number of amides is 1. The van der Waals surface area contributed by atoms with Crippen LogP contribution in [0, 0.1) is 12.5 Å². The number of nitrogens with two attached hydrogens (primary N) is 1. The molecule has 3 N–H and O–H groups in total. The summed E-state index contributed by atoms with van der Waals surface area (Å²) in [4.78, 5) is 37.9. The van der Waals surface area contributed by atoms with Gasteiger partial charge in [0.05, 0.1) is 19.0 Å². The van der Waals surface area contributed by atoms with Crippen molar-refractivity contribution in [3.63, 3.8) is 0 Å². The van der Waals surface area contributed by atoms with Crippen LogP contribution in [-0.4, -0.2) is 62.1 Å². The molecule has 0 aromatic carbocycles. The summed E-state index contributed by atoms with van der Waals surface area (Å²) in [6.45, 7) is 10.1. The topological polar surface area (TPSA) is 134 Å². The SMILES string of the molecule is [C-]#[N+]C(C)[C@H](C1CCCC1)n1cc(-c2ncnc3c2ccn3C(=O)N[C@@H](CCCCN)C(=O)OC)cn1. The van der Waals surface area contributed by atoms with Crippen LogP contribution in [0.25, 0.3) is 27.1 Å². The van der Waals surface area contributed by atoms with Crippen molar-refractivity contribution in [2.24, 2.45) is 11.7 Å². The quantitative estimate of drug-likeness (QED) is 0.244. The molecule has 3 atom stereocenters. The monoisotopic (exact) mass is 506 g/mol. The van der Waals surface area contributed by atoms with E-state index in [0.717, 1.165) is 24.8 Å². The lowest BCUT2D eigenvalue weighted by molar-refractivity contribution is -0.143. The standard InChI is InChI=1S/C26H34N8O3/c1-17(28-2)23(18-8-4-5-9-18)34-15-19(14-31-34)22-20-11-13-33(24(20)30-16-29-22)26(36)32-21(25(35)37-3)10-6-7-12-27/h11,13-18,21,23H,4-10,12,27H2,1,3H3,(H,32,36)/t17?,21-,23+/m0/s1. The van der Waals surface area contributed by atoms with Crippen LogP contribution in [0.1, 0.15) is 57.9 Å². The van der Waals surface area contributed by atoms with Crippen LogP contribution in [-0.2, 0) is 9.53 Å². The van der Waals surface area contributed by atoms with Gasteiger partial charge in [0.1, 0.15) is 18.4 Å². The van der Waals surface area contributed by atoms with Gasteiger partial charge < -0.3 is 20.6 Å². The van der Waals surface area contributed by atoms with Crippen LogP contribution < -0.4 is 11.1 Å². The Kier molecular flexibility index (Phi) is 8.50. The Bertz CT molecular complexity index is 1270. The molecule has 37 heavy (non-hydrogen) atoms. The molecule has 1 unspecified atom stereocenters. The summed E-state index contributed by atoms with van der Waals surface area (Å²) in [5.74, 6) is -0.0744. The van der Waals surface area contributed by atoms with Gasteiger partial charge in [0, 0.05) is 30.3 Å². The number of hydrogen-bond acceptors (Lipinski definition) is 7. The minimum Gasteiger partial charge on any atom is -0.467 e. The van der Waals surface area contributed by atoms with E-state index < -0.39 is 18.0 Å². The first-order valence-electron chi connectivity index (χ1n) is 12.8. The summed E-state index contributed by atoms with van der Waals surface area (Å²) in [5, 5.41) is 8.06. The van der Waals surface area contributed by atoms with Crippen LogP contribution in [0.2, 0.25) is 0 Å². The Morgan fingerprint density at radius 2 is 2.08 bits per heavy atom. The highest BCUT2D eigenvalue weighted by Gasteiger charge is 2.35. The summed E-state index contributed by atoms with van der Waals surface area (Å²) in [6, 6.07) is 0.345. The molecule has 0 radical (unpaired) electrons. The highest BCUT2D eigenvalue weighted by atomic mass is 16.5. The van der Waals surface area contributed by atoms with Crippen LogP contribution >= 0.6 is 0 Å². The predicted molar refractivity (Wildman–Crippen MR) is 138 cm³/mol. The van der Waals surface area contributed by atoms with Crippen LogP contribution in [0.3, 0.4) is 0 Å². The van der Waals surface area contributed by atoms with Crippen molar-refractivity contribution in [2.75, 3.05) is 13.7 Å². The minimum atomic E-state index is -0.780. The molecule has 196 valence electrons. The number of unbranched alkanes of at least 4 members (excludes halogenated alkanes) is 1. The highest BCUT2D eigenvalue weighted by Crippen LogP contribution is 2.38. The molecular formula is C26H34N8O3. The molecule has 11 nitrogen and oxygen atoms in total. The normalized spacial score (nSPS) is 16.3. The molecule has 0 saturated heterocycles. The van der Waals surface area contributed by atoms with Crippen molar-refractivity contribution in [2.45, 2.75) is 70.0 Å². The number of carbonyl (C=O) groups is 2. The van der Waals surface area contributed by atoms with Gasteiger partial charge in [-0.1, -0.05) is 12.8 Å². The summed E-state index contributed by atoms with van der Waals surface area (Å²) in [7, 11) is 1.30. The number of rotatable bonds is 10. The van der Waals surface area contributed by atoms with Crippen molar-refractivity contribution >= 4 is 23.0 Å². The molecule has 0 bridgehead atoms. The maximum atomic E-state index is 13.1. The summed E-state index contributed by atoms with van der Waals surface area (Å²) in [6.07, 6.45) is 13.2. The molecule has 0 aliphatic heterocycles. The number of fused-ring (bicyclic) bond motifs is 1. The number of esters is 1. The molecule has 3 aromatic rings. The van der Waals surface area contributed by atoms with Gasteiger partial charge >= 0.3 is 12.0 Å². The van der Waals surface area contributed by atoms with Gasteiger partial charge in [0.25, 0.3) is 0 Å². The third-order valence-corrected chi connectivity index (χ3v) is 7.19. The number of nitrogens with one attached hydrogen (secondary N) is 1. The molecule has 11 heteroatoms. The zero-order valence-corrected chi connectivity index (χ0v) is 21.3. The molecule has 1 saturated carbocycles. The average Bonchev–Trinajstić information content (AvgIpc) is 3.69. The second kappa shape index (κ2) is 12.0. The second-order valence-electron chi connectivity index (χ2n) is 9.57. The third kappa shape index (κ3) is 5.64. The smallest absolute Gasteiger partial charge is 0.328 e. The summed E-state index contributed by atoms with van der Waals surface area (Å²) < 4.78 is 8.14. The fraction of sp³-hybridized carbons (Fsp3) is 0.538. The van der Waals surface area contributed by atoms with Crippen LogP contribution in [0.15, 0.2) is 31.0 Å². The van der Waals surface area contributed by atoms with E-state index in [1.807, 2.05) is 17.8 Å². The third-order valence-electron chi connectivity index (χ3n) is 7.19. The second-order valence-corrected chi connectivity index (χ2v) is 9.57. The Balaban J connectivity index is 1.60. The molecule has 1 amide bonds. The number of hydrogen-bond donors (Lipinski definition) is 2. The lowest BCUT2D eigenvalue weighted by Gasteiger charge is -2.23. The number of nitrogens with zero attached hydrogens (tertiary/aromatic N) is 6. The van der Waals surface area contributed by atoms with Crippen molar-refractivity contribution < 1.29 is 14.3 Å². The highest BCUT2D eigenvalue weighted by molar-refractivity contribution is 5.97. The van der Waals surface area contributed by atoms with Gasteiger partial charge in [0.2, 0.25) is 6.04 Å². The first kappa shape index (κ1) is 26.3. The van der Waals surface area contributed by atoms with Crippen molar-refractivity contribution in [3.8, 4) is 11.3 Å². The van der Waals surface area contributed by atoms with E-state index >= 15 is 0 Å². The number of methoxy groups -OCH3 is 1. The fourth-order valence-corrected chi connectivity index (χ4v) is 5.28. The maximum absolute atomic E-state index is 13.1. The lowest BCUT2D eigenvalue weighted by Crippen LogP contribution is -2.43. The van der Waals surface area contributed by atoms with E-state index in [1.165, 1.54) is 30.8 Å². The summed E-state index contributed by atoms with van der Waals surface area (Å²) in [5.41, 5.74) is 7.42. The predicted octanol–water partition coefficient (Wildman–Crippen LogP) is 3.56. The largest absolute Gasteiger partial charge is 0.467 e. The van der Waals surface area contributed by atoms with E-state index in [-0.39, 0.29) is 12.1 Å². The minimum absolute atomic E-state index is 0.0102. The van der Waals surface area contributed by atoms with E-state index in [0.29, 0.717) is 42.0 Å². The van der Waals surface area contributed by atoms with E-state index in [9.17, 15) is 9.59 Å². The lowest BCUT2D eigenvalue weighted by atomic mass is 9.93. The molecular weight excluding hydrogens is 472 g/mol. The van der Waals surface area contributed by atoms with Gasteiger partial charge in [-0.25, -0.2) is 26.1 Å². The Labute approximate surface area is 216 Å². The summed E-state index contributed by atoms with van der Waals surface area (Å²) >= 11 is 0. The molecule has 4 rings (SSSR count). The molecule has 1 fully saturated rings. The average molecular weight is 507 g/mol. The Morgan fingerprint density at radius 3 is 2.78 bits per heavy atom. The number of ether oxygens (including phenoxy) is 1. The van der Waals surface area contributed by atoms with Gasteiger partial charge in [-0.05, 0) is 50.6 Å². The van der Waals surface area contributed by atoms with E-state index in [2.05, 4.69) is 25.2 Å². The Hall–Kier alpha value is -3.78. The molecule has 1 aliphatic rings. The van der Waals surface area contributed by atoms with Crippen molar-refractivity contribution in [3.05, 3.63) is 42.4 Å². The van der Waals surface area contributed by atoms with Crippen LogP contribution in [0.5, 0.6) is 0 Å². The van der Waals surface area contributed by atoms with Crippen LogP contribution in [0.4, 0.5) is 4.79 Å². The molecule has 1 aliphatic carbocycles. The number of carbonyl (C=O) groups excluding carboxylic acids is 2. The first-order valence-corrected chi connectivity index (χ1v) is 12.8. The zero-order valence-electron chi connectivity index (χ0n) is 21.3. The fourth-order valence-electron chi connectivity index (χ4n) is 5.28. The van der Waals surface area contributed by atoms with Crippen molar-refractivity contribution in [1.82, 2.24) is 29.6 Å².